The molecule has 3 aliphatic rings. The van der Waals surface area contributed by atoms with Crippen LogP contribution in [0, 0.1) is 12.3 Å². The highest BCUT2D eigenvalue weighted by Crippen LogP contribution is 2.41. The predicted octanol–water partition coefficient (Wildman–Crippen LogP) is 1.60. The second-order valence-electron chi connectivity index (χ2n) is 8.24. The maximum Gasteiger partial charge on any atom is 0.230 e. The number of carbonyl (C=O) groups excluding carboxylic acids is 2. The van der Waals surface area contributed by atoms with Crippen LogP contribution in [0.1, 0.15) is 44.2 Å². The van der Waals surface area contributed by atoms with E-state index in [1.165, 1.54) is 0 Å². The minimum atomic E-state index is -0.353. The summed E-state index contributed by atoms with van der Waals surface area (Å²) in [5.74, 6) is 0.414. The zero-order chi connectivity index (χ0) is 18.9. The van der Waals surface area contributed by atoms with Crippen LogP contribution in [0.2, 0.25) is 0 Å². The quantitative estimate of drug-likeness (QED) is 0.803. The fraction of sp³-hybridized carbons (Fsp3) is 0.750. The van der Waals surface area contributed by atoms with E-state index in [-0.39, 0.29) is 17.2 Å². The Morgan fingerprint density at radius 3 is 2.85 bits per heavy atom. The lowest BCUT2D eigenvalue weighted by Crippen LogP contribution is -2.55. The summed E-state index contributed by atoms with van der Waals surface area (Å²) in [5.41, 5.74) is 0.712. The van der Waals surface area contributed by atoms with Gasteiger partial charge in [-0.05, 0) is 45.1 Å². The van der Waals surface area contributed by atoms with Crippen LogP contribution in [-0.4, -0.2) is 70.3 Å². The second-order valence-corrected chi connectivity index (χ2v) is 8.24. The van der Waals surface area contributed by atoms with Crippen molar-refractivity contribution in [3.8, 4) is 0 Å². The number of amides is 2. The van der Waals surface area contributed by atoms with Crippen molar-refractivity contribution in [1.29, 1.82) is 0 Å². The van der Waals surface area contributed by atoms with E-state index in [1.807, 2.05) is 22.6 Å². The molecular formula is C20H30N4O3. The molecule has 0 unspecified atom stereocenters. The molecule has 27 heavy (non-hydrogen) atoms. The molecule has 4 heterocycles. The molecule has 1 spiro atoms. The molecule has 2 amide bonds. The number of hydrogen-bond acceptors (Lipinski definition) is 4. The lowest BCUT2D eigenvalue weighted by atomic mass is 9.77. The van der Waals surface area contributed by atoms with Gasteiger partial charge in [0, 0.05) is 63.7 Å². The fourth-order valence-corrected chi connectivity index (χ4v) is 4.90. The average molecular weight is 374 g/mol. The van der Waals surface area contributed by atoms with Crippen LogP contribution in [0.4, 0.5) is 0 Å². The SMILES string of the molecule is Cc1ccnn1CCC(=O)N1CC[C@@]2(CCCN(C3CCOCC3)C2=O)C1. The lowest BCUT2D eigenvalue weighted by Gasteiger charge is -2.44. The molecule has 0 N–H and O–H groups in total. The normalized spacial score (nSPS) is 26.9. The molecule has 7 heteroatoms. The van der Waals surface area contributed by atoms with Crippen LogP contribution in [0.15, 0.2) is 12.3 Å². The number of aryl methyl sites for hydroxylation is 2. The van der Waals surface area contributed by atoms with Gasteiger partial charge in [-0.2, -0.15) is 5.10 Å². The first kappa shape index (κ1) is 18.5. The van der Waals surface area contributed by atoms with E-state index in [2.05, 4.69) is 10.00 Å². The van der Waals surface area contributed by atoms with E-state index in [0.717, 1.165) is 57.6 Å². The monoisotopic (exact) mass is 374 g/mol. The molecule has 0 radical (unpaired) electrons. The highest BCUT2D eigenvalue weighted by molar-refractivity contribution is 5.86. The summed E-state index contributed by atoms with van der Waals surface area (Å²) >= 11 is 0. The lowest BCUT2D eigenvalue weighted by molar-refractivity contribution is -0.150. The molecule has 148 valence electrons. The third-order valence-electron chi connectivity index (χ3n) is 6.57. The Kier molecular flexibility index (Phi) is 5.21. The van der Waals surface area contributed by atoms with Gasteiger partial charge in [-0.1, -0.05) is 0 Å². The number of nitrogens with zero attached hydrogens (tertiary/aromatic N) is 4. The molecule has 3 saturated heterocycles. The highest BCUT2D eigenvalue weighted by atomic mass is 16.5. The van der Waals surface area contributed by atoms with Crippen LogP contribution >= 0.6 is 0 Å². The molecule has 4 rings (SSSR count). The van der Waals surface area contributed by atoms with E-state index in [4.69, 9.17) is 4.74 Å². The zero-order valence-electron chi connectivity index (χ0n) is 16.2. The van der Waals surface area contributed by atoms with Crippen molar-refractivity contribution >= 4 is 11.8 Å². The summed E-state index contributed by atoms with van der Waals surface area (Å²) in [6.07, 6.45) is 6.83. The van der Waals surface area contributed by atoms with Gasteiger partial charge in [-0.25, -0.2) is 0 Å². The van der Waals surface area contributed by atoms with Crippen molar-refractivity contribution in [2.24, 2.45) is 5.41 Å². The molecule has 0 aromatic carbocycles. The second kappa shape index (κ2) is 7.62. The van der Waals surface area contributed by atoms with Gasteiger partial charge < -0.3 is 14.5 Å². The van der Waals surface area contributed by atoms with Gasteiger partial charge in [-0.15, -0.1) is 0 Å². The standard InChI is InChI=1S/C20H30N4O3/c1-16-3-9-21-24(16)11-4-18(25)22-12-8-20(15-22)7-2-10-23(19(20)26)17-5-13-27-14-6-17/h3,9,17H,2,4-8,10-15H2,1H3/t20-/m0/s1. The Balaban J connectivity index is 1.37. The van der Waals surface area contributed by atoms with Crippen molar-refractivity contribution in [3.63, 3.8) is 0 Å². The molecule has 0 saturated carbocycles. The first-order valence-electron chi connectivity index (χ1n) is 10.2. The Labute approximate surface area is 160 Å². The Morgan fingerprint density at radius 1 is 1.30 bits per heavy atom. The van der Waals surface area contributed by atoms with Gasteiger partial charge in [0.15, 0.2) is 0 Å². The molecule has 7 nitrogen and oxygen atoms in total. The van der Waals surface area contributed by atoms with Crippen molar-refractivity contribution < 1.29 is 14.3 Å². The third-order valence-corrected chi connectivity index (χ3v) is 6.57. The number of piperidine rings is 1. The minimum Gasteiger partial charge on any atom is -0.381 e. The highest BCUT2D eigenvalue weighted by Gasteiger charge is 2.50. The van der Waals surface area contributed by atoms with Crippen LogP contribution in [0.25, 0.3) is 0 Å². The van der Waals surface area contributed by atoms with Gasteiger partial charge in [-0.3, -0.25) is 14.3 Å². The molecule has 3 fully saturated rings. The van der Waals surface area contributed by atoms with Crippen molar-refractivity contribution in [1.82, 2.24) is 19.6 Å². The Hall–Kier alpha value is -1.89. The maximum atomic E-state index is 13.3. The van der Waals surface area contributed by atoms with Crippen molar-refractivity contribution in [3.05, 3.63) is 18.0 Å². The van der Waals surface area contributed by atoms with Crippen molar-refractivity contribution in [2.75, 3.05) is 32.8 Å². The molecule has 1 aromatic rings. The summed E-state index contributed by atoms with van der Waals surface area (Å²) in [6.45, 7) is 6.24. The largest absolute Gasteiger partial charge is 0.381 e. The fourth-order valence-electron chi connectivity index (χ4n) is 4.90. The number of carbonyl (C=O) groups is 2. The first-order valence-corrected chi connectivity index (χ1v) is 10.2. The summed E-state index contributed by atoms with van der Waals surface area (Å²) < 4.78 is 7.32. The molecule has 0 bridgehead atoms. The summed E-state index contributed by atoms with van der Waals surface area (Å²) in [6, 6.07) is 2.26. The summed E-state index contributed by atoms with van der Waals surface area (Å²) in [4.78, 5) is 30.1. The average Bonchev–Trinajstić information content (AvgIpc) is 3.30. The minimum absolute atomic E-state index is 0.137. The van der Waals surface area contributed by atoms with Gasteiger partial charge in [0.25, 0.3) is 0 Å². The van der Waals surface area contributed by atoms with E-state index in [0.29, 0.717) is 32.1 Å². The maximum absolute atomic E-state index is 13.3. The Bertz CT molecular complexity index is 697. The number of likely N-dealkylation sites (tertiary alicyclic amines) is 2. The zero-order valence-corrected chi connectivity index (χ0v) is 16.2. The number of hydrogen-bond donors (Lipinski definition) is 0. The Morgan fingerprint density at radius 2 is 2.11 bits per heavy atom. The molecule has 1 atom stereocenters. The first-order chi connectivity index (χ1) is 13.1. The van der Waals surface area contributed by atoms with Crippen LogP contribution in [-0.2, 0) is 20.9 Å². The topological polar surface area (TPSA) is 67.7 Å². The van der Waals surface area contributed by atoms with E-state index >= 15 is 0 Å². The number of aromatic nitrogens is 2. The van der Waals surface area contributed by atoms with E-state index < -0.39 is 0 Å². The molecule has 0 aliphatic carbocycles. The molecule has 3 aliphatic heterocycles. The predicted molar refractivity (Wildman–Crippen MR) is 100.0 cm³/mol. The third kappa shape index (κ3) is 3.61. The van der Waals surface area contributed by atoms with E-state index in [9.17, 15) is 9.59 Å². The molecular weight excluding hydrogens is 344 g/mol. The van der Waals surface area contributed by atoms with Crippen molar-refractivity contribution in [2.45, 2.75) is 58.0 Å². The number of ether oxygens (including phenoxy) is 1. The van der Waals surface area contributed by atoms with E-state index in [1.54, 1.807) is 6.20 Å². The molecule has 1 aromatic heterocycles. The van der Waals surface area contributed by atoms with Crippen LogP contribution in [0.3, 0.4) is 0 Å². The number of rotatable bonds is 4. The van der Waals surface area contributed by atoms with Crippen LogP contribution < -0.4 is 0 Å². The smallest absolute Gasteiger partial charge is 0.230 e. The summed E-state index contributed by atoms with van der Waals surface area (Å²) in [5, 5.41) is 4.25. The summed E-state index contributed by atoms with van der Waals surface area (Å²) in [7, 11) is 0. The van der Waals surface area contributed by atoms with Gasteiger partial charge >= 0.3 is 0 Å². The van der Waals surface area contributed by atoms with Crippen LogP contribution in [0.5, 0.6) is 0 Å². The van der Waals surface area contributed by atoms with Gasteiger partial charge in [0.2, 0.25) is 11.8 Å². The van der Waals surface area contributed by atoms with Gasteiger partial charge in [0.05, 0.1) is 5.41 Å². The van der Waals surface area contributed by atoms with Gasteiger partial charge in [0.1, 0.15) is 0 Å².